The number of ether oxygens (including phenoxy) is 1. The second-order valence-electron chi connectivity index (χ2n) is 5.45. The summed E-state index contributed by atoms with van der Waals surface area (Å²) in [5, 5.41) is 9.10. The summed E-state index contributed by atoms with van der Waals surface area (Å²) in [6.45, 7) is 2.45. The number of aliphatic hydroxyl groups excluding tert-OH is 1. The van der Waals surface area contributed by atoms with Gasteiger partial charge in [0.15, 0.2) is 0 Å². The highest BCUT2D eigenvalue weighted by Crippen LogP contribution is 2.39. The number of amides is 2. The van der Waals surface area contributed by atoms with Crippen molar-refractivity contribution in [3.63, 3.8) is 0 Å². The van der Waals surface area contributed by atoms with Crippen molar-refractivity contribution in [2.24, 2.45) is 0 Å². The van der Waals surface area contributed by atoms with Crippen LogP contribution in [-0.4, -0.2) is 47.8 Å². The Hall–Kier alpha value is -1.79. The molecule has 0 spiro atoms. The molecule has 24 heavy (non-hydrogen) atoms. The molecule has 0 aliphatic carbocycles. The van der Waals surface area contributed by atoms with E-state index in [0.29, 0.717) is 34.1 Å². The third-order valence-electron chi connectivity index (χ3n) is 3.82. The highest BCUT2D eigenvalue weighted by molar-refractivity contribution is 8.04. The molecular formula is C18H23NO4S. The van der Waals surface area contributed by atoms with E-state index in [2.05, 4.69) is 6.92 Å². The number of thioether (sulfide) groups is 1. The van der Waals surface area contributed by atoms with E-state index in [4.69, 9.17) is 9.84 Å². The van der Waals surface area contributed by atoms with Crippen LogP contribution in [0.5, 0.6) is 5.75 Å². The van der Waals surface area contributed by atoms with Crippen LogP contribution in [0, 0.1) is 0 Å². The summed E-state index contributed by atoms with van der Waals surface area (Å²) in [5.41, 5.74) is 1.00. The summed E-state index contributed by atoms with van der Waals surface area (Å²) in [7, 11) is 1.54. The average Bonchev–Trinajstić information content (AvgIpc) is 2.84. The van der Waals surface area contributed by atoms with Gasteiger partial charge in [0.1, 0.15) is 5.75 Å². The van der Waals surface area contributed by atoms with E-state index in [1.165, 1.54) is 16.7 Å². The van der Waals surface area contributed by atoms with Gasteiger partial charge in [0.2, 0.25) is 0 Å². The highest BCUT2D eigenvalue weighted by Gasteiger charge is 2.39. The van der Waals surface area contributed by atoms with E-state index in [1.807, 2.05) is 12.1 Å². The van der Waals surface area contributed by atoms with Crippen LogP contribution in [0.25, 0.3) is 5.57 Å². The van der Waals surface area contributed by atoms with Crippen LogP contribution in [0.1, 0.15) is 31.7 Å². The first-order valence-electron chi connectivity index (χ1n) is 8.13. The summed E-state index contributed by atoms with van der Waals surface area (Å²) >= 11 is 1.22. The summed E-state index contributed by atoms with van der Waals surface area (Å²) < 4.78 is 5.35. The molecule has 0 saturated heterocycles. The maximum Gasteiger partial charge on any atom is 0.267 e. The van der Waals surface area contributed by atoms with Gasteiger partial charge < -0.3 is 9.84 Å². The van der Waals surface area contributed by atoms with Gasteiger partial charge in [-0.1, -0.05) is 38.0 Å². The number of unbranched alkanes of at least 4 members (excludes halogenated alkanes) is 2. The first kappa shape index (κ1) is 18.5. The van der Waals surface area contributed by atoms with Gasteiger partial charge in [-0.25, -0.2) is 0 Å². The standard InChI is InChI=1S/C18H23NO4S/c1-3-4-7-10-19-17(21)15(16(18(19)22)24-12-11-20)13-8-5-6-9-14(13)23-2/h5-6,8-9,20H,3-4,7,10-12H2,1-2H3. The molecule has 1 N–H and O–H groups in total. The van der Waals surface area contributed by atoms with Crippen molar-refractivity contribution in [2.45, 2.75) is 26.2 Å². The second kappa shape index (κ2) is 8.89. The molecule has 5 nitrogen and oxygen atoms in total. The predicted octanol–water partition coefficient (Wildman–Crippen LogP) is 2.69. The SMILES string of the molecule is CCCCCN1C(=O)C(SCCO)=C(c2ccccc2OC)C1=O. The Morgan fingerprint density at radius 1 is 1.17 bits per heavy atom. The van der Waals surface area contributed by atoms with E-state index in [9.17, 15) is 9.59 Å². The number of carbonyl (C=O) groups is 2. The Bertz CT molecular complexity index is 642. The molecule has 1 aromatic rings. The van der Waals surface area contributed by atoms with Crippen LogP contribution in [0.2, 0.25) is 0 Å². The monoisotopic (exact) mass is 349 g/mol. The van der Waals surface area contributed by atoms with E-state index in [0.717, 1.165) is 19.3 Å². The number of hydrogen-bond donors (Lipinski definition) is 1. The van der Waals surface area contributed by atoms with Gasteiger partial charge in [0, 0.05) is 17.9 Å². The van der Waals surface area contributed by atoms with Crippen molar-refractivity contribution in [2.75, 3.05) is 26.0 Å². The van der Waals surface area contributed by atoms with Crippen LogP contribution in [0.3, 0.4) is 0 Å². The number of hydrogen-bond acceptors (Lipinski definition) is 5. The largest absolute Gasteiger partial charge is 0.496 e. The number of nitrogens with zero attached hydrogens (tertiary/aromatic N) is 1. The molecule has 1 aromatic carbocycles. The fourth-order valence-corrected chi connectivity index (χ4v) is 3.52. The quantitative estimate of drug-likeness (QED) is 0.548. The Labute approximate surface area is 146 Å². The number of benzene rings is 1. The maximum absolute atomic E-state index is 12.9. The second-order valence-corrected chi connectivity index (χ2v) is 6.55. The summed E-state index contributed by atoms with van der Waals surface area (Å²) in [4.78, 5) is 27.3. The van der Waals surface area contributed by atoms with Crippen molar-refractivity contribution in [1.29, 1.82) is 0 Å². The molecule has 1 heterocycles. The summed E-state index contributed by atoms with van der Waals surface area (Å²) in [6, 6.07) is 7.20. The van der Waals surface area contributed by atoms with Crippen LogP contribution >= 0.6 is 11.8 Å². The minimum absolute atomic E-state index is 0.0509. The van der Waals surface area contributed by atoms with E-state index in [-0.39, 0.29) is 18.4 Å². The molecule has 2 rings (SSSR count). The summed E-state index contributed by atoms with van der Waals surface area (Å²) in [5.74, 6) is 0.387. The lowest BCUT2D eigenvalue weighted by Gasteiger charge is -2.15. The smallest absolute Gasteiger partial charge is 0.267 e. The third kappa shape index (κ3) is 3.82. The number of imide groups is 1. The van der Waals surface area contributed by atoms with Crippen molar-refractivity contribution in [1.82, 2.24) is 4.90 Å². The maximum atomic E-state index is 12.9. The van der Waals surface area contributed by atoms with Crippen molar-refractivity contribution in [3.8, 4) is 5.75 Å². The van der Waals surface area contributed by atoms with Crippen molar-refractivity contribution in [3.05, 3.63) is 34.7 Å². The van der Waals surface area contributed by atoms with Gasteiger partial charge in [-0.15, -0.1) is 11.8 Å². The molecular weight excluding hydrogens is 326 g/mol. The first-order valence-corrected chi connectivity index (χ1v) is 9.11. The van der Waals surface area contributed by atoms with Gasteiger partial charge in [0.05, 0.1) is 24.2 Å². The van der Waals surface area contributed by atoms with Gasteiger partial charge in [-0.05, 0) is 12.5 Å². The fourth-order valence-electron chi connectivity index (χ4n) is 2.65. The fraction of sp³-hybridized carbons (Fsp3) is 0.444. The van der Waals surface area contributed by atoms with Crippen molar-refractivity contribution < 1.29 is 19.4 Å². The molecule has 0 aromatic heterocycles. The number of aliphatic hydroxyl groups is 1. The zero-order valence-corrected chi connectivity index (χ0v) is 14.9. The molecule has 0 radical (unpaired) electrons. The molecule has 0 atom stereocenters. The molecule has 0 saturated carbocycles. The lowest BCUT2D eigenvalue weighted by molar-refractivity contribution is -0.136. The Morgan fingerprint density at radius 3 is 2.58 bits per heavy atom. The molecule has 2 amide bonds. The topological polar surface area (TPSA) is 66.8 Å². The number of carbonyl (C=O) groups excluding carboxylic acids is 2. The van der Waals surface area contributed by atoms with E-state index in [1.54, 1.807) is 19.2 Å². The number of methoxy groups -OCH3 is 1. The lowest BCUT2D eigenvalue weighted by atomic mass is 10.1. The van der Waals surface area contributed by atoms with Crippen molar-refractivity contribution >= 4 is 29.1 Å². The zero-order chi connectivity index (χ0) is 17.5. The Kier molecular flexibility index (Phi) is 6.87. The molecule has 0 fully saturated rings. The molecule has 1 aliphatic rings. The summed E-state index contributed by atoms with van der Waals surface area (Å²) in [6.07, 6.45) is 2.79. The number of rotatable bonds is 9. The predicted molar refractivity (Wildman–Crippen MR) is 95.7 cm³/mol. The van der Waals surface area contributed by atoms with Gasteiger partial charge in [-0.3, -0.25) is 14.5 Å². The molecule has 0 bridgehead atoms. The van der Waals surface area contributed by atoms with E-state index >= 15 is 0 Å². The van der Waals surface area contributed by atoms with Gasteiger partial charge in [0.25, 0.3) is 11.8 Å². The highest BCUT2D eigenvalue weighted by atomic mass is 32.2. The minimum atomic E-state index is -0.277. The van der Waals surface area contributed by atoms with Gasteiger partial charge >= 0.3 is 0 Å². The van der Waals surface area contributed by atoms with Gasteiger partial charge in [-0.2, -0.15) is 0 Å². The molecule has 6 heteroatoms. The molecule has 130 valence electrons. The van der Waals surface area contributed by atoms with Crippen LogP contribution in [0.15, 0.2) is 29.2 Å². The molecule has 0 unspecified atom stereocenters. The third-order valence-corrected chi connectivity index (χ3v) is 4.88. The Morgan fingerprint density at radius 2 is 1.92 bits per heavy atom. The average molecular weight is 349 g/mol. The number of para-hydroxylation sites is 1. The van der Waals surface area contributed by atoms with Crippen LogP contribution in [-0.2, 0) is 9.59 Å². The first-order chi connectivity index (χ1) is 11.7. The molecule has 1 aliphatic heterocycles. The normalized spacial score (nSPS) is 14.7. The van der Waals surface area contributed by atoms with Crippen LogP contribution in [0.4, 0.5) is 0 Å². The minimum Gasteiger partial charge on any atom is -0.496 e. The Balaban J connectivity index is 2.40. The van der Waals surface area contributed by atoms with E-state index < -0.39 is 0 Å². The van der Waals surface area contributed by atoms with Crippen LogP contribution < -0.4 is 4.74 Å². The zero-order valence-electron chi connectivity index (χ0n) is 14.1. The lowest BCUT2D eigenvalue weighted by Crippen LogP contribution is -2.32.